The minimum atomic E-state index is -4.36. The van der Waals surface area contributed by atoms with Gasteiger partial charge in [-0.15, -0.1) is 0 Å². The van der Waals surface area contributed by atoms with Crippen LogP contribution >= 0.6 is 19.2 Å². The van der Waals surface area contributed by atoms with Gasteiger partial charge in [0, 0.05) is 12.7 Å². The quantitative estimate of drug-likeness (QED) is 0.172. The summed E-state index contributed by atoms with van der Waals surface area (Å²) in [6.07, 6.45) is 1.37. The van der Waals surface area contributed by atoms with Gasteiger partial charge in [0.25, 0.3) is 0 Å². The van der Waals surface area contributed by atoms with E-state index in [2.05, 4.69) is 0 Å². The third-order valence-electron chi connectivity index (χ3n) is 5.28. The van der Waals surface area contributed by atoms with Gasteiger partial charge in [-0.2, -0.15) is 4.57 Å². The van der Waals surface area contributed by atoms with Gasteiger partial charge in [0.2, 0.25) is 5.51 Å². The normalized spacial score (nSPS) is 13.5. The molecule has 1 heterocycles. The van der Waals surface area contributed by atoms with Gasteiger partial charge in [-0.1, -0.05) is 53.8 Å². The minimum Gasteiger partial charge on any atom is -0.491 e. The lowest BCUT2D eigenvalue weighted by molar-refractivity contribution is -0.683. The largest absolute Gasteiger partial charge is 0.527 e. The molecule has 0 saturated carbocycles. The van der Waals surface area contributed by atoms with Crippen molar-refractivity contribution in [2.45, 2.75) is 19.3 Å². The van der Waals surface area contributed by atoms with Crippen LogP contribution in [0.1, 0.15) is 11.1 Å². The molecule has 0 saturated heterocycles. The van der Waals surface area contributed by atoms with Crippen molar-refractivity contribution in [1.29, 1.82) is 0 Å². The maximum atomic E-state index is 12.5. The molecular formula is C27H29NO7PS+. The van der Waals surface area contributed by atoms with E-state index in [1.165, 1.54) is 7.11 Å². The smallest absolute Gasteiger partial charge is 0.491 e. The summed E-state index contributed by atoms with van der Waals surface area (Å²) < 4.78 is 41.8. The lowest BCUT2D eigenvalue weighted by Gasteiger charge is -2.19. The van der Waals surface area contributed by atoms with Gasteiger partial charge < -0.3 is 18.7 Å². The van der Waals surface area contributed by atoms with E-state index >= 15 is 0 Å². The van der Waals surface area contributed by atoms with Crippen LogP contribution in [-0.2, 0) is 27.0 Å². The number of methoxy groups -OCH3 is 1. The second-order valence-electron chi connectivity index (χ2n) is 8.12. The standard InChI is InChI=1S/C27H28NO7PS/c1-31-27(19-33-25-12-10-24(11-13-25)32-18-22-6-3-2-4-7-22)20-34-36(29,30)35-26-9-5-8-23(16-26)17-28-14-15-37-21-28/h2-16,21,27H,17-20H2,1H3/p+1. The molecule has 1 aromatic heterocycles. The molecule has 0 fully saturated rings. The van der Waals surface area contributed by atoms with Crippen LogP contribution in [0.15, 0.2) is 96.0 Å². The van der Waals surface area contributed by atoms with Crippen LogP contribution in [0.5, 0.6) is 17.2 Å². The molecule has 1 N–H and O–H groups in total. The van der Waals surface area contributed by atoms with Crippen LogP contribution < -0.4 is 18.6 Å². The molecule has 8 nitrogen and oxygen atoms in total. The van der Waals surface area contributed by atoms with Crippen molar-refractivity contribution in [2.75, 3.05) is 20.3 Å². The van der Waals surface area contributed by atoms with Gasteiger partial charge in [0.05, 0.1) is 12.0 Å². The number of thiazole rings is 1. The predicted octanol–water partition coefficient (Wildman–Crippen LogP) is 5.25. The van der Waals surface area contributed by atoms with Crippen molar-refractivity contribution < 1.29 is 37.3 Å². The summed E-state index contributed by atoms with van der Waals surface area (Å²) in [5, 5.41) is 1.97. The van der Waals surface area contributed by atoms with Gasteiger partial charge in [-0.3, -0.25) is 9.42 Å². The lowest BCUT2D eigenvalue weighted by Crippen LogP contribution is -2.30. The fourth-order valence-corrected chi connectivity index (χ4v) is 4.73. The Morgan fingerprint density at radius 2 is 1.62 bits per heavy atom. The molecule has 0 bridgehead atoms. The van der Waals surface area contributed by atoms with E-state index < -0.39 is 13.9 Å². The minimum absolute atomic E-state index is 0.119. The molecule has 4 aromatic rings. The SMILES string of the molecule is COC(COc1ccc(OCc2ccccc2)cc1)COP(=O)(O)Oc1cccc(C[n+]2ccsc2)c1. The Labute approximate surface area is 220 Å². The number of rotatable bonds is 14. The molecule has 4 rings (SSSR count). The Bertz CT molecular complexity index is 1270. The second-order valence-corrected chi connectivity index (χ2v) is 10.2. The fourth-order valence-electron chi connectivity index (χ4n) is 3.35. The molecule has 0 amide bonds. The highest BCUT2D eigenvalue weighted by Gasteiger charge is 2.25. The van der Waals surface area contributed by atoms with Crippen molar-refractivity contribution >= 4 is 19.2 Å². The Hall–Kier alpha value is -3.20. The van der Waals surface area contributed by atoms with E-state index in [9.17, 15) is 9.46 Å². The summed E-state index contributed by atoms with van der Waals surface area (Å²) >= 11 is 1.59. The zero-order chi connectivity index (χ0) is 25.9. The molecule has 0 aliphatic carbocycles. The average Bonchev–Trinajstić information content (AvgIpc) is 3.42. The maximum absolute atomic E-state index is 12.5. The Morgan fingerprint density at radius 1 is 0.892 bits per heavy atom. The van der Waals surface area contributed by atoms with Crippen LogP contribution in [0.2, 0.25) is 0 Å². The topological polar surface area (TPSA) is 87.3 Å². The van der Waals surface area contributed by atoms with Crippen LogP contribution in [0.3, 0.4) is 0 Å². The van der Waals surface area contributed by atoms with E-state index in [0.717, 1.165) is 16.9 Å². The van der Waals surface area contributed by atoms with Crippen molar-refractivity contribution in [3.8, 4) is 17.2 Å². The first-order chi connectivity index (χ1) is 18.0. The number of ether oxygens (including phenoxy) is 3. The second kappa shape index (κ2) is 13.4. The molecule has 0 radical (unpaired) electrons. The zero-order valence-corrected chi connectivity index (χ0v) is 22.1. The summed E-state index contributed by atoms with van der Waals surface area (Å²) in [5.41, 5.74) is 4.00. The van der Waals surface area contributed by atoms with E-state index in [1.54, 1.807) is 41.7 Å². The molecule has 37 heavy (non-hydrogen) atoms. The molecule has 0 aliphatic heterocycles. The van der Waals surface area contributed by atoms with Gasteiger partial charge in [0.1, 0.15) is 36.6 Å². The number of aromatic nitrogens is 1. The van der Waals surface area contributed by atoms with Crippen LogP contribution in [0, 0.1) is 0 Å². The van der Waals surface area contributed by atoms with Crippen LogP contribution in [-0.4, -0.2) is 31.3 Å². The van der Waals surface area contributed by atoms with Crippen LogP contribution in [0.4, 0.5) is 0 Å². The number of benzene rings is 3. The molecular weight excluding hydrogens is 513 g/mol. The van der Waals surface area contributed by atoms with E-state index in [4.69, 9.17) is 23.3 Å². The fraction of sp³-hybridized carbons (Fsp3) is 0.222. The third kappa shape index (κ3) is 9.00. The number of phosphoric acid groups is 1. The third-order valence-corrected chi connectivity index (χ3v) is 6.86. The number of hydrogen-bond acceptors (Lipinski definition) is 7. The van der Waals surface area contributed by atoms with Crippen molar-refractivity contribution in [3.05, 3.63) is 107 Å². The highest BCUT2D eigenvalue weighted by Crippen LogP contribution is 2.44. The number of phosphoric ester groups is 1. The van der Waals surface area contributed by atoms with E-state index in [-0.39, 0.29) is 19.0 Å². The molecule has 3 aromatic carbocycles. The molecule has 0 spiro atoms. The first-order valence-corrected chi connectivity index (χ1v) is 14.0. The van der Waals surface area contributed by atoms with Gasteiger partial charge in [-0.05, 0) is 42.0 Å². The number of hydrogen-bond donors (Lipinski definition) is 1. The summed E-state index contributed by atoms with van der Waals surface area (Å²) in [6.45, 7) is 1.03. The van der Waals surface area contributed by atoms with Crippen LogP contribution in [0.25, 0.3) is 0 Å². The Balaban J connectivity index is 1.22. The van der Waals surface area contributed by atoms with Gasteiger partial charge >= 0.3 is 7.82 Å². The summed E-state index contributed by atoms with van der Waals surface area (Å²) in [6, 6.07) is 24.1. The molecule has 194 valence electrons. The first kappa shape index (κ1) is 26.9. The highest BCUT2D eigenvalue weighted by molar-refractivity contribution is 7.47. The van der Waals surface area contributed by atoms with E-state index in [1.807, 2.05) is 70.2 Å². The number of nitrogens with zero attached hydrogens (tertiary/aromatic N) is 1. The molecule has 0 aliphatic rings. The predicted molar refractivity (Wildman–Crippen MR) is 140 cm³/mol. The van der Waals surface area contributed by atoms with Gasteiger partial charge in [-0.25, -0.2) is 4.57 Å². The zero-order valence-electron chi connectivity index (χ0n) is 20.3. The molecule has 2 atom stereocenters. The highest BCUT2D eigenvalue weighted by atomic mass is 32.1. The Morgan fingerprint density at radius 3 is 2.32 bits per heavy atom. The molecule has 2 unspecified atom stereocenters. The van der Waals surface area contributed by atoms with Crippen molar-refractivity contribution in [3.63, 3.8) is 0 Å². The maximum Gasteiger partial charge on any atom is 0.527 e. The Kier molecular flexibility index (Phi) is 9.71. The van der Waals surface area contributed by atoms with E-state index in [0.29, 0.717) is 18.9 Å². The van der Waals surface area contributed by atoms with Gasteiger partial charge in [0.15, 0.2) is 12.7 Å². The monoisotopic (exact) mass is 542 g/mol. The first-order valence-electron chi connectivity index (χ1n) is 11.6. The van der Waals surface area contributed by atoms with Crippen molar-refractivity contribution in [1.82, 2.24) is 0 Å². The summed E-state index contributed by atoms with van der Waals surface area (Å²) in [4.78, 5) is 10.2. The summed E-state index contributed by atoms with van der Waals surface area (Å²) in [5.74, 6) is 1.58. The lowest BCUT2D eigenvalue weighted by atomic mass is 10.2. The van der Waals surface area contributed by atoms with Crippen molar-refractivity contribution in [2.24, 2.45) is 0 Å². The summed E-state index contributed by atoms with van der Waals surface area (Å²) in [7, 11) is -2.89. The molecule has 10 heteroatoms. The average molecular weight is 543 g/mol.